The third-order valence-corrected chi connectivity index (χ3v) is 5.75. The van der Waals surface area contributed by atoms with E-state index in [2.05, 4.69) is 20.9 Å². The summed E-state index contributed by atoms with van der Waals surface area (Å²) in [6.45, 7) is 0.956. The largest absolute Gasteiger partial charge is 0.507 e. The molecular formula is C23H19BrFN3O3. The fourth-order valence-electron chi connectivity index (χ4n) is 3.71. The number of aryl methyl sites for hydroxylation is 1. The number of rotatable bonds is 6. The summed E-state index contributed by atoms with van der Waals surface area (Å²) in [5.41, 5.74) is 0.982. The molecule has 0 saturated carbocycles. The number of aromatic nitrogens is 2. The predicted molar refractivity (Wildman–Crippen MR) is 116 cm³/mol. The second-order valence-electron chi connectivity index (χ2n) is 7.20. The van der Waals surface area contributed by atoms with Crippen LogP contribution >= 0.6 is 15.9 Å². The van der Waals surface area contributed by atoms with E-state index in [1.165, 1.54) is 29.2 Å². The summed E-state index contributed by atoms with van der Waals surface area (Å²) in [6.07, 6.45) is 5.80. The maximum Gasteiger partial charge on any atom is 0.295 e. The lowest BCUT2D eigenvalue weighted by Crippen LogP contribution is -2.31. The van der Waals surface area contributed by atoms with Crippen LogP contribution < -0.4 is 0 Å². The molecule has 6 nitrogen and oxygen atoms in total. The minimum Gasteiger partial charge on any atom is -0.507 e. The van der Waals surface area contributed by atoms with Crippen LogP contribution in [0.2, 0.25) is 0 Å². The van der Waals surface area contributed by atoms with Gasteiger partial charge in [0.1, 0.15) is 11.6 Å². The second kappa shape index (κ2) is 8.85. The summed E-state index contributed by atoms with van der Waals surface area (Å²) in [4.78, 5) is 31.3. The number of likely N-dealkylation sites (tertiary alicyclic amines) is 1. The topological polar surface area (TPSA) is 75.4 Å². The van der Waals surface area contributed by atoms with E-state index >= 15 is 0 Å². The average molecular weight is 484 g/mol. The van der Waals surface area contributed by atoms with E-state index in [0.717, 1.165) is 4.47 Å². The van der Waals surface area contributed by atoms with E-state index in [9.17, 15) is 19.1 Å². The molecule has 1 aliphatic rings. The lowest BCUT2D eigenvalue weighted by Gasteiger charge is -2.25. The van der Waals surface area contributed by atoms with Crippen LogP contribution in [0.3, 0.4) is 0 Å². The first-order valence-electron chi connectivity index (χ1n) is 9.71. The number of aliphatic hydroxyl groups is 1. The van der Waals surface area contributed by atoms with E-state index in [1.807, 2.05) is 22.9 Å². The van der Waals surface area contributed by atoms with Crippen molar-refractivity contribution < 1.29 is 19.1 Å². The Hall–Kier alpha value is -3.26. The van der Waals surface area contributed by atoms with Crippen LogP contribution in [0.4, 0.5) is 4.39 Å². The number of nitrogens with zero attached hydrogens (tertiary/aromatic N) is 3. The van der Waals surface area contributed by atoms with E-state index in [1.54, 1.807) is 24.7 Å². The smallest absolute Gasteiger partial charge is 0.295 e. The molecule has 1 aliphatic heterocycles. The zero-order valence-electron chi connectivity index (χ0n) is 16.4. The SMILES string of the molecule is O=C1C(=O)N(CCCn2ccnc2)C(c2ccc(Br)cc2)/C1=C(/O)c1ccc(F)cc1. The molecule has 0 aliphatic carbocycles. The maximum absolute atomic E-state index is 13.3. The van der Waals surface area contributed by atoms with Gasteiger partial charge < -0.3 is 14.6 Å². The number of Topliss-reactive ketones (excluding diaryl/α,β-unsaturated/α-hetero) is 1. The van der Waals surface area contributed by atoms with Crippen molar-refractivity contribution in [2.75, 3.05) is 6.54 Å². The number of hydrogen-bond donors (Lipinski definition) is 1. The fraction of sp³-hybridized carbons (Fsp3) is 0.174. The molecule has 1 fully saturated rings. The Bertz CT molecular complexity index is 1130. The fourth-order valence-corrected chi connectivity index (χ4v) is 3.97. The molecule has 8 heteroatoms. The zero-order valence-corrected chi connectivity index (χ0v) is 18.0. The van der Waals surface area contributed by atoms with Gasteiger partial charge in [-0.2, -0.15) is 0 Å². The van der Waals surface area contributed by atoms with Gasteiger partial charge in [0.15, 0.2) is 0 Å². The highest BCUT2D eigenvalue weighted by Gasteiger charge is 2.45. The third-order valence-electron chi connectivity index (χ3n) is 5.22. The highest BCUT2D eigenvalue weighted by molar-refractivity contribution is 9.10. The van der Waals surface area contributed by atoms with Gasteiger partial charge in [0, 0.05) is 35.5 Å². The Morgan fingerprint density at radius 1 is 1.06 bits per heavy atom. The lowest BCUT2D eigenvalue weighted by atomic mass is 9.95. The van der Waals surface area contributed by atoms with Gasteiger partial charge in [0.2, 0.25) is 0 Å². The molecule has 1 saturated heterocycles. The van der Waals surface area contributed by atoms with Crippen LogP contribution in [0.15, 0.2) is 77.3 Å². The summed E-state index contributed by atoms with van der Waals surface area (Å²) in [7, 11) is 0. The van der Waals surface area contributed by atoms with E-state index in [4.69, 9.17) is 0 Å². The molecule has 158 valence electrons. The van der Waals surface area contributed by atoms with Crippen molar-refractivity contribution >= 4 is 33.4 Å². The molecule has 1 aromatic heterocycles. The average Bonchev–Trinajstić information content (AvgIpc) is 3.37. The molecule has 2 heterocycles. The Kier molecular flexibility index (Phi) is 5.99. The number of ketones is 1. The molecule has 1 unspecified atom stereocenters. The first kappa shape index (κ1) is 21.0. The molecule has 1 atom stereocenters. The number of amides is 1. The Morgan fingerprint density at radius 2 is 1.77 bits per heavy atom. The minimum absolute atomic E-state index is 0.00145. The molecule has 1 N–H and O–H groups in total. The van der Waals surface area contributed by atoms with Crippen LogP contribution in [0.25, 0.3) is 5.76 Å². The van der Waals surface area contributed by atoms with E-state index < -0.39 is 23.5 Å². The summed E-state index contributed by atoms with van der Waals surface area (Å²) < 4.78 is 16.1. The lowest BCUT2D eigenvalue weighted by molar-refractivity contribution is -0.139. The predicted octanol–water partition coefficient (Wildman–Crippen LogP) is 4.30. The van der Waals surface area contributed by atoms with Crippen LogP contribution in [0.1, 0.15) is 23.6 Å². The first-order chi connectivity index (χ1) is 15.0. The van der Waals surface area contributed by atoms with Gasteiger partial charge in [-0.15, -0.1) is 0 Å². The van der Waals surface area contributed by atoms with Crippen molar-refractivity contribution in [1.29, 1.82) is 0 Å². The highest BCUT2D eigenvalue weighted by atomic mass is 79.9. The zero-order chi connectivity index (χ0) is 22.0. The maximum atomic E-state index is 13.3. The van der Waals surface area contributed by atoms with Crippen molar-refractivity contribution in [3.8, 4) is 0 Å². The first-order valence-corrected chi connectivity index (χ1v) is 10.5. The van der Waals surface area contributed by atoms with Gasteiger partial charge in [0.25, 0.3) is 11.7 Å². The summed E-state index contributed by atoms with van der Waals surface area (Å²) in [5, 5.41) is 10.9. The number of carbonyl (C=O) groups excluding carboxylic acids is 2. The number of aliphatic hydroxyl groups excluding tert-OH is 1. The number of carbonyl (C=O) groups is 2. The molecule has 31 heavy (non-hydrogen) atoms. The van der Waals surface area contributed by atoms with Gasteiger partial charge in [-0.3, -0.25) is 9.59 Å². The summed E-state index contributed by atoms with van der Waals surface area (Å²) >= 11 is 3.39. The van der Waals surface area contributed by atoms with Gasteiger partial charge in [-0.1, -0.05) is 28.1 Å². The Balaban J connectivity index is 1.72. The van der Waals surface area contributed by atoms with Crippen molar-refractivity contribution in [3.63, 3.8) is 0 Å². The van der Waals surface area contributed by atoms with Crippen LogP contribution in [-0.4, -0.2) is 37.8 Å². The highest BCUT2D eigenvalue weighted by Crippen LogP contribution is 2.39. The summed E-state index contributed by atoms with van der Waals surface area (Å²) in [6, 6.07) is 11.7. The molecule has 1 amide bonds. The van der Waals surface area contributed by atoms with E-state index in [-0.39, 0.29) is 16.9 Å². The molecule has 2 aromatic carbocycles. The minimum atomic E-state index is -0.752. The van der Waals surface area contributed by atoms with Gasteiger partial charge in [0.05, 0.1) is 17.9 Å². The quantitative estimate of drug-likeness (QED) is 0.322. The van der Waals surface area contributed by atoms with Crippen LogP contribution in [0, 0.1) is 5.82 Å². The van der Waals surface area contributed by atoms with E-state index in [0.29, 0.717) is 25.1 Å². The second-order valence-corrected chi connectivity index (χ2v) is 8.12. The third kappa shape index (κ3) is 4.29. The summed E-state index contributed by atoms with van der Waals surface area (Å²) in [5.74, 6) is -2.19. The standard InChI is InChI=1S/C23H19BrFN3O3/c24-17-6-2-15(3-7-17)20-19(21(29)16-4-8-18(25)9-5-16)22(30)23(31)28(20)12-1-11-27-13-10-26-14-27/h2-10,13-14,20,29H,1,11-12H2/b21-19-. The van der Waals surface area contributed by atoms with Crippen molar-refractivity contribution in [1.82, 2.24) is 14.5 Å². The molecular weight excluding hydrogens is 465 g/mol. The normalized spacial score (nSPS) is 18.0. The van der Waals surface area contributed by atoms with Crippen molar-refractivity contribution in [2.24, 2.45) is 0 Å². The number of imidazole rings is 1. The number of hydrogen-bond acceptors (Lipinski definition) is 4. The van der Waals surface area contributed by atoms with Gasteiger partial charge in [-0.25, -0.2) is 9.37 Å². The number of halogens is 2. The molecule has 3 aromatic rings. The van der Waals surface area contributed by atoms with Crippen molar-refractivity contribution in [2.45, 2.75) is 19.0 Å². The molecule has 0 spiro atoms. The van der Waals surface area contributed by atoms with Crippen LogP contribution in [0.5, 0.6) is 0 Å². The molecule has 0 bridgehead atoms. The van der Waals surface area contributed by atoms with Gasteiger partial charge in [-0.05, 0) is 48.4 Å². The Labute approximate surface area is 186 Å². The molecule has 0 radical (unpaired) electrons. The van der Waals surface area contributed by atoms with Gasteiger partial charge >= 0.3 is 0 Å². The number of benzene rings is 2. The van der Waals surface area contributed by atoms with Crippen LogP contribution in [-0.2, 0) is 16.1 Å². The molecule has 4 rings (SSSR count). The van der Waals surface area contributed by atoms with Crippen molar-refractivity contribution in [3.05, 3.63) is 94.2 Å². The monoisotopic (exact) mass is 483 g/mol. The Morgan fingerprint density at radius 3 is 2.42 bits per heavy atom.